The maximum atomic E-state index is 13.3. The summed E-state index contributed by atoms with van der Waals surface area (Å²) in [4.78, 5) is 10.2. The molecule has 0 amide bonds. The van der Waals surface area contributed by atoms with E-state index in [-0.39, 0.29) is 0 Å². The zero-order valence-electron chi connectivity index (χ0n) is 12.6. The molecule has 28 heavy (non-hydrogen) atoms. The van der Waals surface area contributed by atoms with E-state index in [9.17, 15) is 70.7 Å². The van der Waals surface area contributed by atoms with Crippen LogP contribution in [0.1, 0.15) is 6.92 Å². The van der Waals surface area contributed by atoms with Crippen LogP contribution in [0, 0.1) is 0 Å². The lowest BCUT2D eigenvalue weighted by molar-refractivity contribution is -0.425. The largest absolute Gasteiger partial charge is 0.478 e. The molecule has 166 valence electrons. The van der Waals surface area contributed by atoms with Crippen LogP contribution < -0.4 is 0 Å². The average Bonchev–Trinajstić information content (AvgIpc) is 2.44. The molecule has 0 aliphatic heterocycles. The summed E-state index contributed by atoms with van der Waals surface area (Å²) in [6.45, 7) is -0.599. The Morgan fingerprint density at radius 3 is 1.29 bits per heavy atom. The second-order valence-corrected chi connectivity index (χ2v) is 5.05. The molecule has 0 heterocycles. The molecule has 0 aliphatic rings. The van der Waals surface area contributed by atoms with Gasteiger partial charge in [-0.1, -0.05) is 0 Å². The SMILES string of the molecule is CC(F)C(F)(F)C(F)(F)C(F)(F)C(F)(F)C(F)(F)C(F)(F)C(C(=O)O)=C(F)F. The van der Waals surface area contributed by atoms with Crippen LogP contribution in [-0.2, 0) is 4.79 Å². The summed E-state index contributed by atoms with van der Waals surface area (Å²) in [5.74, 6) is -50.4. The first kappa shape index (κ1) is 26.2. The summed E-state index contributed by atoms with van der Waals surface area (Å²) >= 11 is 0. The molecule has 1 unspecified atom stereocenters. The van der Waals surface area contributed by atoms with Crippen molar-refractivity contribution in [2.24, 2.45) is 0 Å². The van der Waals surface area contributed by atoms with Crippen molar-refractivity contribution < 1.29 is 75.8 Å². The molecule has 1 N–H and O–H groups in total. The molecule has 0 saturated heterocycles. The Labute approximate surface area is 143 Å². The second kappa shape index (κ2) is 6.89. The van der Waals surface area contributed by atoms with Gasteiger partial charge in [0.1, 0.15) is 0 Å². The number of halogens is 15. The number of carboxylic acids is 1. The van der Waals surface area contributed by atoms with E-state index >= 15 is 0 Å². The van der Waals surface area contributed by atoms with Gasteiger partial charge in [-0.3, -0.25) is 0 Å². The zero-order chi connectivity index (χ0) is 23.3. The smallest absolute Gasteiger partial charge is 0.385 e. The van der Waals surface area contributed by atoms with Crippen molar-refractivity contribution in [2.75, 3.05) is 0 Å². The molecule has 0 bridgehead atoms. The predicted molar refractivity (Wildman–Crippen MR) is 57.1 cm³/mol. The standard InChI is InChI=1S/C11H5F15O2/c1-2(12)6(15,16)8(19,20)10(23,24)11(25,26)9(21,22)7(17,18)3(4(13)14)5(27)28/h2H,1H3,(H,27,28). The number of alkyl halides is 13. The number of aliphatic carboxylic acids is 1. The zero-order valence-corrected chi connectivity index (χ0v) is 12.6. The Kier molecular flexibility index (Phi) is 6.44. The van der Waals surface area contributed by atoms with Gasteiger partial charge in [0, 0.05) is 0 Å². The van der Waals surface area contributed by atoms with Gasteiger partial charge in [0.2, 0.25) is 0 Å². The van der Waals surface area contributed by atoms with E-state index in [1.807, 2.05) is 0 Å². The highest BCUT2D eigenvalue weighted by atomic mass is 19.4. The molecule has 0 aromatic carbocycles. The molecule has 0 saturated carbocycles. The third-order valence-electron chi connectivity index (χ3n) is 3.21. The Hall–Kier alpha value is -1.84. The van der Waals surface area contributed by atoms with Gasteiger partial charge in [-0.2, -0.15) is 61.5 Å². The third kappa shape index (κ3) is 3.25. The van der Waals surface area contributed by atoms with Crippen molar-refractivity contribution in [1.29, 1.82) is 0 Å². The van der Waals surface area contributed by atoms with Crippen LogP contribution >= 0.6 is 0 Å². The van der Waals surface area contributed by atoms with Gasteiger partial charge in [-0.25, -0.2) is 9.18 Å². The molecule has 0 fully saturated rings. The first-order valence-corrected chi connectivity index (χ1v) is 6.16. The lowest BCUT2D eigenvalue weighted by Crippen LogP contribution is -2.72. The number of carboxylic acid groups (broad SMARTS) is 1. The van der Waals surface area contributed by atoms with Crippen molar-refractivity contribution >= 4 is 5.97 Å². The summed E-state index contributed by atoms with van der Waals surface area (Å²) in [6, 6.07) is 0. The molecule has 0 aromatic heterocycles. The highest BCUT2D eigenvalue weighted by Crippen LogP contribution is 2.61. The Morgan fingerprint density at radius 2 is 1.04 bits per heavy atom. The lowest BCUT2D eigenvalue weighted by atomic mass is 9.88. The van der Waals surface area contributed by atoms with Crippen molar-refractivity contribution in [1.82, 2.24) is 0 Å². The summed E-state index contributed by atoms with van der Waals surface area (Å²) in [6.07, 6.45) is -8.72. The van der Waals surface area contributed by atoms with E-state index in [2.05, 4.69) is 0 Å². The normalized spacial score (nSPS) is 16.0. The highest BCUT2D eigenvalue weighted by molar-refractivity contribution is 5.89. The van der Waals surface area contributed by atoms with Gasteiger partial charge < -0.3 is 5.11 Å². The molecule has 1 atom stereocenters. The fraction of sp³-hybridized carbons (Fsp3) is 0.727. The summed E-state index contributed by atoms with van der Waals surface area (Å²) < 4.78 is 195. The summed E-state index contributed by atoms with van der Waals surface area (Å²) in [5.41, 5.74) is -4.19. The quantitative estimate of drug-likeness (QED) is 0.395. The summed E-state index contributed by atoms with van der Waals surface area (Å²) in [5, 5.41) is 7.97. The third-order valence-corrected chi connectivity index (χ3v) is 3.21. The first-order valence-electron chi connectivity index (χ1n) is 6.16. The molecule has 0 radical (unpaired) electrons. The van der Waals surface area contributed by atoms with Crippen molar-refractivity contribution in [3.63, 3.8) is 0 Å². The molecule has 0 rings (SSSR count). The minimum Gasteiger partial charge on any atom is -0.478 e. The molecule has 17 heteroatoms. The van der Waals surface area contributed by atoms with Gasteiger partial charge in [0.05, 0.1) is 0 Å². The molecule has 0 spiro atoms. The van der Waals surface area contributed by atoms with Gasteiger partial charge >= 0.3 is 41.5 Å². The second-order valence-electron chi connectivity index (χ2n) is 5.05. The van der Waals surface area contributed by atoms with Crippen molar-refractivity contribution in [3.8, 4) is 0 Å². The van der Waals surface area contributed by atoms with Crippen LogP contribution in [0.2, 0.25) is 0 Å². The Bertz CT molecular complexity index is 644. The van der Waals surface area contributed by atoms with Crippen LogP contribution in [0.5, 0.6) is 0 Å². The summed E-state index contributed by atoms with van der Waals surface area (Å²) in [7, 11) is 0. The predicted octanol–water partition coefficient (Wildman–Crippen LogP) is 5.39. The van der Waals surface area contributed by atoms with E-state index < -0.39 is 66.3 Å². The molecule has 0 aliphatic carbocycles. The monoisotopic (exact) mass is 454 g/mol. The van der Waals surface area contributed by atoms with Crippen LogP contribution in [0.3, 0.4) is 0 Å². The maximum absolute atomic E-state index is 13.3. The van der Waals surface area contributed by atoms with Crippen molar-refractivity contribution in [2.45, 2.75) is 48.6 Å². The number of rotatable bonds is 8. The fourth-order valence-corrected chi connectivity index (χ4v) is 1.54. The molecule has 2 nitrogen and oxygen atoms in total. The van der Waals surface area contributed by atoms with Crippen LogP contribution in [-0.4, -0.2) is 52.8 Å². The maximum Gasteiger partial charge on any atom is 0.385 e. The van der Waals surface area contributed by atoms with Gasteiger partial charge in [-0.15, -0.1) is 0 Å². The number of hydrogen-bond acceptors (Lipinski definition) is 1. The minimum absolute atomic E-state index is 0.599. The fourth-order valence-electron chi connectivity index (χ4n) is 1.54. The van der Waals surface area contributed by atoms with Gasteiger partial charge in [0.25, 0.3) is 6.08 Å². The Morgan fingerprint density at radius 1 is 0.714 bits per heavy atom. The van der Waals surface area contributed by atoms with E-state index in [0.717, 1.165) is 0 Å². The van der Waals surface area contributed by atoms with Crippen LogP contribution in [0.4, 0.5) is 65.9 Å². The van der Waals surface area contributed by atoms with Crippen molar-refractivity contribution in [3.05, 3.63) is 11.7 Å². The topological polar surface area (TPSA) is 37.3 Å². The number of hydrogen-bond donors (Lipinski definition) is 1. The minimum atomic E-state index is -8.29. The van der Waals surface area contributed by atoms with E-state index in [4.69, 9.17) is 5.11 Å². The number of carbonyl (C=O) groups is 1. The average molecular weight is 454 g/mol. The highest BCUT2D eigenvalue weighted by Gasteiger charge is 2.91. The van der Waals surface area contributed by atoms with E-state index in [1.54, 1.807) is 0 Å². The van der Waals surface area contributed by atoms with Crippen LogP contribution in [0.25, 0.3) is 0 Å². The van der Waals surface area contributed by atoms with Gasteiger partial charge in [-0.05, 0) is 6.92 Å². The van der Waals surface area contributed by atoms with E-state index in [1.165, 1.54) is 0 Å². The lowest BCUT2D eigenvalue weighted by Gasteiger charge is -2.41. The Balaban J connectivity index is 6.80. The van der Waals surface area contributed by atoms with Crippen LogP contribution in [0.15, 0.2) is 11.7 Å². The first-order chi connectivity index (χ1) is 12.0. The molecular formula is C11H5F15O2. The van der Waals surface area contributed by atoms with E-state index in [0.29, 0.717) is 0 Å². The molecular weight excluding hydrogens is 449 g/mol. The molecule has 0 aromatic rings. The van der Waals surface area contributed by atoms with Gasteiger partial charge in [0.15, 0.2) is 11.7 Å².